The van der Waals surface area contributed by atoms with E-state index in [9.17, 15) is 30.3 Å². The summed E-state index contributed by atoms with van der Waals surface area (Å²) in [4.78, 5) is 11.8. The van der Waals surface area contributed by atoms with Crippen LogP contribution in [0.5, 0.6) is 0 Å². The van der Waals surface area contributed by atoms with Crippen molar-refractivity contribution in [3.05, 3.63) is 11.6 Å². The van der Waals surface area contributed by atoms with Crippen molar-refractivity contribution in [2.24, 2.45) is 34.5 Å². The fourth-order valence-corrected chi connectivity index (χ4v) is 9.89. The highest BCUT2D eigenvalue weighted by molar-refractivity contribution is 5.85. The van der Waals surface area contributed by atoms with Gasteiger partial charge in [-0.2, -0.15) is 0 Å². The lowest BCUT2D eigenvalue weighted by Crippen LogP contribution is -2.62. The summed E-state index contributed by atoms with van der Waals surface area (Å²) in [7, 11) is 0. The summed E-state index contributed by atoms with van der Waals surface area (Å²) in [6.07, 6.45) is 1.83. The van der Waals surface area contributed by atoms with Crippen LogP contribution in [-0.2, 0) is 19.0 Å². The number of cyclic esters (lactones) is 1. The molecule has 14 unspecified atom stereocenters. The molecule has 6 rings (SSSR count). The van der Waals surface area contributed by atoms with Gasteiger partial charge in [-0.25, -0.2) is 4.79 Å². The molecule has 0 aromatic rings. The van der Waals surface area contributed by atoms with Gasteiger partial charge in [-0.05, 0) is 80.6 Å². The van der Waals surface area contributed by atoms with Crippen LogP contribution in [0.25, 0.3) is 0 Å². The van der Waals surface area contributed by atoms with Crippen molar-refractivity contribution in [3.8, 4) is 0 Å². The Hall–Kier alpha value is -1.07. The number of carbonyl (C=O) groups is 1. The molecule has 0 aromatic carbocycles. The summed E-state index contributed by atoms with van der Waals surface area (Å²) in [5.74, 6) is 0.176. The summed E-state index contributed by atoms with van der Waals surface area (Å²) in [5, 5.41) is 54.2. The fraction of sp³-hybridized carbons (Fsp3) is 0.897. The fourth-order valence-electron chi connectivity index (χ4n) is 9.89. The monoisotopic (exact) mass is 536 g/mol. The van der Waals surface area contributed by atoms with Crippen LogP contribution >= 0.6 is 0 Å². The lowest BCUT2D eigenvalue weighted by atomic mass is 9.43. The second kappa shape index (κ2) is 9.23. The normalized spacial score (nSPS) is 56.5. The van der Waals surface area contributed by atoms with Gasteiger partial charge >= 0.3 is 5.97 Å². The first-order valence-corrected chi connectivity index (χ1v) is 14.5. The molecule has 38 heavy (non-hydrogen) atoms. The van der Waals surface area contributed by atoms with Crippen molar-refractivity contribution in [2.45, 2.75) is 121 Å². The SMILES string of the molecule is CC1OC(OC2CCC3(C)C(CCC4C3CCC3(C)C(C5=CC(=O)OC5)C(O)CC43O)C2)C(O)C(O)C1O. The molecule has 5 N–H and O–H groups in total. The molecule has 2 aliphatic heterocycles. The number of carbonyl (C=O) groups excluding carboxylic acids is 1. The Labute approximate surface area is 224 Å². The molecule has 4 saturated carbocycles. The predicted octanol–water partition coefficient (Wildman–Crippen LogP) is 1.43. The van der Waals surface area contributed by atoms with Crippen LogP contribution in [-0.4, -0.2) is 86.6 Å². The Balaban J connectivity index is 1.18. The Bertz CT molecular complexity index is 985. The molecule has 0 radical (unpaired) electrons. The number of aliphatic hydroxyl groups is 5. The first-order chi connectivity index (χ1) is 17.9. The second-order valence-corrected chi connectivity index (χ2v) is 13.7. The molecule has 9 heteroatoms. The topological polar surface area (TPSA) is 146 Å². The Morgan fingerprint density at radius 2 is 1.74 bits per heavy atom. The predicted molar refractivity (Wildman–Crippen MR) is 134 cm³/mol. The molecule has 0 bridgehead atoms. The number of hydrogen-bond acceptors (Lipinski definition) is 9. The van der Waals surface area contributed by atoms with E-state index in [2.05, 4.69) is 13.8 Å². The van der Waals surface area contributed by atoms with Crippen molar-refractivity contribution in [1.82, 2.24) is 0 Å². The van der Waals surface area contributed by atoms with Gasteiger partial charge in [0.1, 0.15) is 24.9 Å². The van der Waals surface area contributed by atoms with Gasteiger partial charge < -0.3 is 39.7 Å². The maximum atomic E-state index is 12.4. The van der Waals surface area contributed by atoms with Gasteiger partial charge in [0.2, 0.25) is 0 Å². The average molecular weight is 537 g/mol. The zero-order valence-corrected chi connectivity index (χ0v) is 22.7. The van der Waals surface area contributed by atoms with Crippen LogP contribution in [0.1, 0.15) is 72.1 Å². The standard InChI is InChI=1S/C29H44O9/c1-14-23(32)24(33)25(34)26(37-14)38-17-6-8-27(2)16(11-17)4-5-19-18(27)7-9-28(3)22(15-10-21(31)36-13-15)20(30)12-29(19,28)35/h10,14,16-20,22-26,30,32-35H,4-9,11-13H2,1-3H3. The van der Waals surface area contributed by atoms with E-state index < -0.39 is 47.8 Å². The van der Waals surface area contributed by atoms with Crippen LogP contribution in [0.2, 0.25) is 0 Å². The van der Waals surface area contributed by atoms with Crippen LogP contribution < -0.4 is 0 Å². The summed E-state index contributed by atoms with van der Waals surface area (Å²) < 4.78 is 17.1. The average Bonchev–Trinajstić information content (AvgIpc) is 3.37. The maximum absolute atomic E-state index is 12.4. The molecule has 6 aliphatic rings. The van der Waals surface area contributed by atoms with Gasteiger partial charge in [0.25, 0.3) is 0 Å². The molecule has 5 fully saturated rings. The molecule has 9 nitrogen and oxygen atoms in total. The van der Waals surface area contributed by atoms with Crippen molar-refractivity contribution in [3.63, 3.8) is 0 Å². The van der Waals surface area contributed by atoms with Gasteiger partial charge in [0.15, 0.2) is 6.29 Å². The summed E-state index contributed by atoms with van der Waals surface area (Å²) >= 11 is 0. The maximum Gasteiger partial charge on any atom is 0.331 e. The van der Waals surface area contributed by atoms with Crippen molar-refractivity contribution < 1.29 is 44.5 Å². The van der Waals surface area contributed by atoms with E-state index in [-0.39, 0.29) is 35.9 Å². The van der Waals surface area contributed by atoms with Gasteiger partial charge in [0, 0.05) is 23.8 Å². The highest BCUT2D eigenvalue weighted by atomic mass is 16.7. The summed E-state index contributed by atoms with van der Waals surface area (Å²) in [6, 6.07) is 0. The van der Waals surface area contributed by atoms with Crippen LogP contribution in [0.3, 0.4) is 0 Å². The summed E-state index contributed by atoms with van der Waals surface area (Å²) in [6.45, 7) is 6.33. The minimum atomic E-state index is -1.30. The van der Waals surface area contributed by atoms with E-state index in [1.165, 1.54) is 6.08 Å². The van der Waals surface area contributed by atoms with E-state index in [4.69, 9.17) is 14.2 Å². The molecule has 0 aromatic heterocycles. The van der Waals surface area contributed by atoms with E-state index in [0.29, 0.717) is 18.3 Å². The first kappa shape index (κ1) is 27.1. The number of fused-ring (bicyclic) bond motifs is 5. The Morgan fingerprint density at radius 1 is 0.974 bits per heavy atom. The first-order valence-electron chi connectivity index (χ1n) is 14.5. The molecule has 1 saturated heterocycles. The van der Waals surface area contributed by atoms with Crippen LogP contribution in [0, 0.1) is 34.5 Å². The molecule has 2 heterocycles. The second-order valence-electron chi connectivity index (χ2n) is 13.7. The molecular formula is C29H44O9. The largest absolute Gasteiger partial charge is 0.458 e. The third kappa shape index (κ3) is 3.80. The van der Waals surface area contributed by atoms with Crippen LogP contribution in [0.15, 0.2) is 11.6 Å². The molecule has 0 spiro atoms. The van der Waals surface area contributed by atoms with Gasteiger partial charge in [0.05, 0.1) is 23.9 Å². The lowest BCUT2D eigenvalue weighted by molar-refractivity contribution is -0.310. The third-order valence-corrected chi connectivity index (χ3v) is 12.0. The smallest absolute Gasteiger partial charge is 0.331 e. The quantitative estimate of drug-likeness (QED) is 0.267. The highest BCUT2D eigenvalue weighted by Crippen LogP contribution is 2.70. The van der Waals surface area contributed by atoms with E-state index >= 15 is 0 Å². The zero-order valence-electron chi connectivity index (χ0n) is 22.7. The number of ether oxygens (including phenoxy) is 3. The summed E-state index contributed by atoms with van der Waals surface area (Å²) in [5.41, 5.74) is -0.658. The molecular weight excluding hydrogens is 492 g/mol. The van der Waals surface area contributed by atoms with Gasteiger partial charge in [-0.15, -0.1) is 0 Å². The Morgan fingerprint density at radius 3 is 2.45 bits per heavy atom. The molecule has 214 valence electrons. The molecule has 14 atom stereocenters. The number of aliphatic hydroxyl groups excluding tert-OH is 4. The molecule has 4 aliphatic carbocycles. The number of rotatable bonds is 3. The highest BCUT2D eigenvalue weighted by Gasteiger charge is 2.70. The zero-order chi connectivity index (χ0) is 27.2. The number of esters is 1. The number of hydrogen-bond donors (Lipinski definition) is 5. The minimum Gasteiger partial charge on any atom is -0.458 e. The Kier molecular flexibility index (Phi) is 6.58. The minimum absolute atomic E-state index is 0.0314. The lowest BCUT2D eigenvalue weighted by Gasteiger charge is -2.63. The third-order valence-electron chi connectivity index (χ3n) is 12.0. The van der Waals surface area contributed by atoms with E-state index in [1.807, 2.05) is 0 Å². The van der Waals surface area contributed by atoms with E-state index in [0.717, 1.165) is 50.5 Å². The van der Waals surface area contributed by atoms with Crippen LogP contribution in [0.4, 0.5) is 0 Å². The van der Waals surface area contributed by atoms with E-state index in [1.54, 1.807) is 6.92 Å². The van der Waals surface area contributed by atoms with Crippen molar-refractivity contribution >= 4 is 5.97 Å². The van der Waals surface area contributed by atoms with Crippen molar-refractivity contribution in [2.75, 3.05) is 6.61 Å². The van der Waals surface area contributed by atoms with Gasteiger partial charge in [-0.1, -0.05) is 13.8 Å². The molecule has 0 amide bonds. The van der Waals surface area contributed by atoms with Gasteiger partial charge in [-0.3, -0.25) is 0 Å². The van der Waals surface area contributed by atoms with Crippen molar-refractivity contribution in [1.29, 1.82) is 0 Å².